The quantitative estimate of drug-likeness (QED) is 0.814. The first-order valence-electron chi connectivity index (χ1n) is 6.79. The van der Waals surface area contributed by atoms with Crippen molar-refractivity contribution in [1.29, 1.82) is 0 Å². The second kappa shape index (κ2) is 6.71. The number of aliphatic carboxylic acids is 1. The van der Waals surface area contributed by atoms with Gasteiger partial charge in [-0.25, -0.2) is 4.79 Å². The highest BCUT2D eigenvalue weighted by molar-refractivity contribution is 5.85. The first kappa shape index (κ1) is 14.1. The molecule has 0 radical (unpaired) electrons. The van der Waals surface area contributed by atoms with E-state index < -0.39 is 5.97 Å². The normalized spacial score (nSPS) is 10.8. The fourth-order valence-electron chi connectivity index (χ4n) is 2.11. The molecule has 1 N–H and O–H groups in total. The van der Waals surface area contributed by atoms with Crippen LogP contribution in [0.4, 0.5) is 0 Å². The van der Waals surface area contributed by atoms with Gasteiger partial charge in [-0.1, -0.05) is 61.9 Å². The van der Waals surface area contributed by atoms with Crippen LogP contribution in [-0.4, -0.2) is 11.1 Å². The zero-order valence-corrected chi connectivity index (χ0v) is 11.5. The summed E-state index contributed by atoms with van der Waals surface area (Å²) in [4.78, 5) is 10.5. The molecule has 2 nitrogen and oxygen atoms in total. The van der Waals surface area contributed by atoms with Crippen LogP contribution in [0, 0.1) is 0 Å². The van der Waals surface area contributed by atoms with Crippen LogP contribution in [0.1, 0.15) is 24.5 Å². The van der Waals surface area contributed by atoms with Gasteiger partial charge >= 0.3 is 5.97 Å². The van der Waals surface area contributed by atoms with Crippen LogP contribution < -0.4 is 0 Å². The maximum atomic E-state index is 10.5. The molecule has 0 atom stereocenters. The van der Waals surface area contributed by atoms with Gasteiger partial charge in [0.05, 0.1) is 0 Å². The Kier molecular flexibility index (Phi) is 4.72. The Morgan fingerprint density at radius 1 is 1.00 bits per heavy atom. The van der Waals surface area contributed by atoms with Gasteiger partial charge in [-0.15, -0.1) is 0 Å². The minimum atomic E-state index is -0.930. The van der Waals surface area contributed by atoms with E-state index in [1.807, 2.05) is 24.3 Å². The second-order valence-corrected chi connectivity index (χ2v) is 4.74. The smallest absolute Gasteiger partial charge is 0.328 e. The number of rotatable bonds is 5. The summed E-state index contributed by atoms with van der Waals surface area (Å²) in [6.07, 6.45) is 5.01. The molecule has 0 unspecified atom stereocenters. The molecule has 0 amide bonds. The van der Waals surface area contributed by atoms with Crippen LogP contribution in [0.5, 0.6) is 0 Å². The molecule has 0 bridgehead atoms. The highest BCUT2D eigenvalue weighted by atomic mass is 16.4. The summed E-state index contributed by atoms with van der Waals surface area (Å²) in [5.41, 5.74) is 4.56. The van der Waals surface area contributed by atoms with Crippen molar-refractivity contribution in [3.63, 3.8) is 0 Å². The minimum Gasteiger partial charge on any atom is -0.478 e. The van der Waals surface area contributed by atoms with E-state index in [2.05, 4.69) is 31.2 Å². The average molecular weight is 266 g/mol. The molecule has 2 aromatic carbocycles. The number of hydrogen-bond acceptors (Lipinski definition) is 1. The van der Waals surface area contributed by atoms with Gasteiger partial charge in [0.25, 0.3) is 0 Å². The van der Waals surface area contributed by atoms with Crippen molar-refractivity contribution in [2.45, 2.75) is 19.8 Å². The Hall–Kier alpha value is -2.35. The number of carboxylic acid groups (broad SMARTS) is 1. The van der Waals surface area contributed by atoms with Crippen LogP contribution in [0.25, 0.3) is 17.2 Å². The lowest BCUT2D eigenvalue weighted by Gasteiger charge is -2.04. The number of carbonyl (C=O) groups is 1. The average Bonchev–Trinajstić information content (AvgIpc) is 2.47. The molecular formula is C18H18O2. The van der Waals surface area contributed by atoms with Crippen molar-refractivity contribution in [1.82, 2.24) is 0 Å². The summed E-state index contributed by atoms with van der Waals surface area (Å²) < 4.78 is 0. The molecule has 2 rings (SSSR count). The Balaban J connectivity index is 2.15. The summed E-state index contributed by atoms with van der Waals surface area (Å²) in [6, 6.07) is 16.5. The van der Waals surface area contributed by atoms with E-state index >= 15 is 0 Å². The van der Waals surface area contributed by atoms with Gasteiger partial charge in [0, 0.05) is 6.08 Å². The van der Waals surface area contributed by atoms with Crippen LogP contribution in [0.3, 0.4) is 0 Å². The summed E-state index contributed by atoms with van der Waals surface area (Å²) in [7, 11) is 0. The molecule has 20 heavy (non-hydrogen) atoms. The molecule has 0 aliphatic heterocycles. The fraction of sp³-hybridized carbons (Fsp3) is 0.167. The lowest BCUT2D eigenvalue weighted by atomic mass is 10.0. The highest BCUT2D eigenvalue weighted by Gasteiger charge is 1.98. The van der Waals surface area contributed by atoms with Crippen LogP contribution in [0.15, 0.2) is 54.6 Å². The largest absolute Gasteiger partial charge is 0.478 e. The molecule has 0 saturated heterocycles. The van der Waals surface area contributed by atoms with Gasteiger partial charge in [0.1, 0.15) is 0 Å². The van der Waals surface area contributed by atoms with Crippen molar-refractivity contribution in [2.75, 3.05) is 0 Å². The van der Waals surface area contributed by atoms with E-state index in [9.17, 15) is 4.79 Å². The SMILES string of the molecule is CCCc1ccc(-c2ccc(/C=C/C(=O)O)cc2)cc1. The standard InChI is InChI=1S/C18H18O2/c1-2-3-14-4-9-16(10-5-14)17-11-6-15(7-12-17)8-13-18(19)20/h4-13H,2-3H2,1H3,(H,19,20)/b13-8+. The van der Waals surface area contributed by atoms with Crippen LogP contribution in [0.2, 0.25) is 0 Å². The zero-order chi connectivity index (χ0) is 14.4. The molecule has 0 aliphatic carbocycles. The molecule has 0 heterocycles. The number of hydrogen-bond donors (Lipinski definition) is 1. The Labute approximate surface area is 119 Å². The van der Waals surface area contributed by atoms with Gasteiger partial charge < -0.3 is 5.11 Å². The third-order valence-corrected chi connectivity index (χ3v) is 3.15. The summed E-state index contributed by atoms with van der Waals surface area (Å²) in [6.45, 7) is 2.18. The Morgan fingerprint density at radius 2 is 1.55 bits per heavy atom. The molecule has 102 valence electrons. The predicted molar refractivity (Wildman–Crippen MR) is 82.5 cm³/mol. The maximum absolute atomic E-state index is 10.5. The third kappa shape index (κ3) is 3.82. The third-order valence-electron chi connectivity index (χ3n) is 3.15. The van der Waals surface area contributed by atoms with Crippen molar-refractivity contribution in [3.05, 3.63) is 65.7 Å². The molecule has 0 spiro atoms. The first-order chi connectivity index (χ1) is 9.69. The molecule has 0 saturated carbocycles. The zero-order valence-electron chi connectivity index (χ0n) is 11.5. The highest BCUT2D eigenvalue weighted by Crippen LogP contribution is 2.21. The van der Waals surface area contributed by atoms with Crippen molar-refractivity contribution >= 4 is 12.0 Å². The summed E-state index contributed by atoms with van der Waals surface area (Å²) in [5, 5.41) is 8.59. The second-order valence-electron chi connectivity index (χ2n) is 4.74. The minimum absolute atomic E-state index is 0.888. The molecule has 0 aliphatic rings. The van der Waals surface area contributed by atoms with E-state index in [0.717, 1.165) is 30.0 Å². The molecular weight excluding hydrogens is 248 g/mol. The van der Waals surface area contributed by atoms with Crippen LogP contribution in [-0.2, 0) is 11.2 Å². The van der Waals surface area contributed by atoms with Gasteiger partial charge in [0.2, 0.25) is 0 Å². The monoisotopic (exact) mass is 266 g/mol. The van der Waals surface area contributed by atoms with E-state index in [1.165, 1.54) is 11.1 Å². The van der Waals surface area contributed by atoms with Gasteiger partial charge in [-0.05, 0) is 34.8 Å². The lowest BCUT2D eigenvalue weighted by molar-refractivity contribution is -0.131. The van der Waals surface area contributed by atoms with E-state index in [-0.39, 0.29) is 0 Å². The molecule has 0 aromatic heterocycles. The number of aryl methyl sites for hydroxylation is 1. The lowest BCUT2D eigenvalue weighted by Crippen LogP contribution is -1.86. The van der Waals surface area contributed by atoms with Gasteiger partial charge in [-0.3, -0.25) is 0 Å². The van der Waals surface area contributed by atoms with Crippen molar-refractivity contribution < 1.29 is 9.90 Å². The topological polar surface area (TPSA) is 37.3 Å². The summed E-state index contributed by atoms with van der Waals surface area (Å²) >= 11 is 0. The molecule has 2 heteroatoms. The predicted octanol–water partition coefficient (Wildman–Crippen LogP) is 4.40. The van der Waals surface area contributed by atoms with Crippen molar-refractivity contribution in [2.24, 2.45) is 0 Å². The van der Waals surface area contributed by atoms with Crippen molar-refractivity contribution in [3.8, 4) is 11.1 Å². The van der Waals surface area contributed by atoms with Gasteiger partial charge in [-0.2, -0.15) is 0 Å². The number of benzene rings is 2. The fourth-order valence-corrected chi connectivity index (χ4v) is 2.11. The first-order valence-corrected chi connectivity index (χ1v) is 6.79. The Morgan fingerprint density at radius 3 is 2.05 bits per heavy atom. The van der Waals surface area contributed by atoms with Gasteiger partial charge in [0.15, 0.2) is 0 Å². The molecule has 2 aromatic rings. The van der Waals surface area contributed by atoms with E-state index in [4.69, 9.17) is 5.11 Å². The Bertz CT molecular complexity index is 592. The number of carboxylic acids is 1. The maximum Gasteiger partial charge on any atom is 0.328 e. The van der Waals surface area contributed by atoms with E-state index in [1.54, 1.807) is 6.08 Å². The van der Waals surface area contributed by atoms with E-state index in [0.29, 0.717) is 0 Å². The summed E-state index contributed by atoms with van der Waals surface area (Å²) in [5.74, 6) is -0.930. The molecule has 0 fully saturated rings. The van der Waals surface area contributed by atoms with Crippen LogP contribution >= 0.6 is 0 Å².